The molecule has 0 saturated heterocycles. The summed E-state index contributed by atoms with van der Waals surface area (Å²) >= 11 is 0. The summed E-state index contributed by atoms with van der Waals surface area (Å²) in [5.41, 5.74) is 3.18. The quantitative estimate of drug-likeness (QED) is 0.533. The van der Waals surface area contributed by atoms with Crippen molar-refractivity contribution in [3.63, 3.8) is 0 Å². The van der Waals surface area contributed by atoms with Crippen LogP contribution in [0.5, 0.6) is 5.75 Å². The van der Waals surface area contributed by atoms with Gasteiger partial charge in [-0.2, -0.15) is 13.2 Å². The molecule has 3 aromatic rings. The molecule has 31 heavy (non-hydrogen) atoms. The largest absolute Gasteiger partial charge is 0.496 e. The Balaban J connectivity index is 2.14. The maximum atomic E-state index is 13.1. The van der Waals surface area contributed by atoms with Crippen LogP contribution in [0.1, 0.15) is 27.0 Å². The molecule has 0 heterocycles. The highest BCUT2D eigenvalue weighted by atomic mass is 19.4. The van der Waals surface area contributed by atoms with E-state index in [1.54, 1.807) is 30.3 Å². The van der Waals surface area contributed by atoms with E-state index in [0.717, 1.165) is 28.8 Å². The van der Waals surface area contributed by atoms with Gasteiger partial charge in [0.15, 0.2) is 0 Å². The van der Waals surface area contributed by atoms with Gasteiger partial charge in [0.25, 0.3) is 0 Å². The standard InChI is InChI=1S/C24H21F3O4/c1-14-10-16(23(29)31-3)4-7-19(14)15-5-9-22(30-2)21(12-15)20-8-6-18(24(25,26)27)11-17(20)13-28/h4-12,28H,13H2,1-3H3. The first-order chi connectivity index (χ1) is 14.7. The minimum atomic E-state index is -4.51. The number of rotatable bonds is 5. The molecule has 0 bridgehead atoms. The molecular weight excluding hydrogens is 409 g/mol. The van der Waals surface area contributed by atoms with Gasteiger partial charge in [0.2, 0.25) is 0 Å². The lowest BCUT2D eigenvalue weighted by atomic mass is 9.92. The predicted octanol–water partition coefficient (Wildman–Crippen LogP) is 5.64. The van der Waals surface area contributed by atoms with E-state index >= 15 is 0 Å². The van der Waals surface area contributed by atoms with E-state index < -0.39 is 24.3 Å². The third kappa shape index (κ3) is 4.56. The summed E-state index contributed by atoms with van der Waals surface area (Å²) in [7, 11) is 2.78. The Bertz CT molecular complexity index is 1120. The molecule has 0 radical (unpaired) electrons. The fraction of sp³-hybridized carbons (Fsp3) is 0.208. The second kappa shape index (κ2) is 8.81. The maximum Gasteiger partial charge on any atom is 0.416 e. The van der Waals surface area contributed by atoms with Crippen molar-refractivity contribution in [1.29, 1.82) is 0 Å². The molecule has 1 N–H and O–H groups in total. The zero-order chi connectivity index (χ0) is 22.8. The molecule has 4 nitrogen and oxygen atoms in total. The maximum absolute atomic E-state index is 13.1. The van der Waals surface area contributed by atoms with Gasteiger partial charge in [-0.15, -0.1) is 0 Å². The summed E-state index contributed by atoms with van der Waals surface area (Å²) in [5, 5.41) is 9.72. The average molecular weight is 430 g/mol. The summed E-state index contributed by atoms with van der Waals surface area (Å²) in [4.78, 5) is 11.8. The van der Waals surface area contributed by atoms with E-state index in [1.165, 1.54) is 20.3 Å². The summed E-state index contributed by atoms with van der Waals surface area (Å²) < 4.78 is 49.4. The number of hydrogen-bond acceptors (Lipinski definition) is 4. The molecule has 0 amide bonds. The molecule has 7 heteroatoms. The van der Waals surface area contributed by atoms with Gasteiger partial charge in [0.05, 0.1) is 32.0 Å². The number of carbonyl (C=O) groups is 1. The van der Waals surface area contributed by atoms with Crippen molar-refractivity contribution in [1.82, 2.24) is 0 Å². The monoisotopic (exact) mass is 430 g/mol. The number of methoxy groups -OCH3 is 2. The van der Waals surface area contributed by atoms with Crippen LogP contribution >= 0.6 is 0 Å². The lowest BCUT2D eigenvalue weighted by Crippen LogP contribution is -2.06. The zero-order valence-electron chi connectivity index (χ0n) is 17.2. The van der Waals surface area contributed by atoms with Crippen molar-refractivity contribution in [3.8, 4) is 28.0 Å². The number of halogens is 3. The number of benzene rings is 3. The van der Waals surface area contributed by atoms with Gasteiger partial charge in [0.1, 0.15) is 5.75 Å². The van der Waals surface area contributed by atoms with Crippen LogP contribution in [0.4, 0.5) is 13.2 Å². The Kier molecular flexibility index (Phi) is 6.36. The molecule has 0 aromatic heterocycles. The number of aryl methyl sites for hydroxylation is 1. The number of aliphatic hydroxyl groups is 1. The number of esters is 1. The topological polar surface area (TPSA) is 55.8 Å². The number of hydrogen-bond donors (Lipinski definition) is 1. The fourth-order valence-corrected chi connectivity index (χ4v) is 3.48. The Morgan fingerprint density at radius 3 is 2.23 bits per heavy atom. The van der Waals surface area contributed by atoms with Gasteiger partial charge < -0.3 is 14.6 Å². The molecule has 0 aliphatic carbocycles. The van der Waals surface area contributed by atoms with Gasteiger partial charge in [-0.3, -0.25) is 0 Å². The smallest absolute Gasteiger partial charge is 0.416 e. The minimum absolute atomic E-state index is 0.142. The van der Waals surface area contributed by atoms with Crippen molar-refractivity contribution in [3.05, 3.63) is 76.9 Å². The van der Waals surface area contributed by atoms with E-state index in [4.69, 9.17) is 9.47 Å². The van der Waals surface area contributed by atoms with E-state index in [-0.39, 0.29) is 5.56 Å². The lowest BCUT2D eigenvalue weighted by Gasteiger charge is -2.17. The van der Waals surface area contributed by atoms with E-state index in [9.17, 15) is 23.1 Å². The molecule has 162 valence electrons. The van der Waals surface area contributed by atoms with Crippen LogP contribution in [-0.2, 0) is 17.5 Å². The van der Waals surface area contributed by atoms with Crippen LogP contribution in [0, 0.1) is 6.92 Å². The highest BCUT2D eigenvalue weighted by molar-refractivity contribution is 5.91. The Morgan fingerprint density at radius 2 is 1.65 bits per heavy atom. The molecule has 0 unspecified atom stereocenters. The highest BCUT2D eigenvalue weighted by Gasteiger charge is 2.31. The van der Waals surface area contributed by atoms with E-state index in [1.807, 2.05) is 13.0 Å². The average Bonchev–Trinajstić information content (AvgIpc) is 2.76. The van der Waals surface area contributed by atoms with Gasteiger partial charge in [-0.1, -0.05) is 18.2 Å². The van der Waals surface area contributed by atoms with Crippen LogP contribution in [0.25, 0.3) is 22.3 Å². The number of ether oxygens (including phenoxy) is 2. The molecule has 0 atom stereocenters. The molecule has 3 aromatic carbocycles. The number of carbonyl (C=O) groups excluding carboxylic acids is 1. The van der Waals surface area contributed by atoms with Gasteiger partial charge in [-0.25, -0.2) is 4.79 Å². The Labute approximate surface area is 177 Å². The first-order valence-corrected chi connectivity index (χ1v) is 9.38. The predicted molar refractivity (Wildman–Crippen MR) is 111 cm³/mol. The van der Waals surface area contributed by atoms with Crippen LogP contribution < -0.4 is 4.74 Å². The van der Waals surface area contributed by atoms with Crippen molar-refractivity contribution >= 4 is 5.97 Å². The summed E-state index contributed by atoms with van der Waals surface area (Å²) in [6.45, 7) is 1.29. The summed E-state index contributed by atoms with van der Waals surface area (Å²) in [6.07, 6.45) is -4.51. The SMILES string of the molecule is COC(=O)c1ccc(-c2ccc(OC)c(-c3ccc(C(F)(F)F)cc3CO)c2)c(C)c1. The first-order valence-electron chi connectivity index (χ1n) is 9.38. The molecular formula is C24H21F3O4. The zero-order valence-corrected chi connectivity index (χ0v) is 17.2. The molecule has 0 aliphatic heterocycles. The van der Waals surface area contributed by atoms with Crippen molar-refractivity contribution in [2.24, 2.45) is 0 Å². The second-order valence-electron chi connectivity index (χ2n) is 6.96. The normalized spacial score (nSPS) is 11.3. The van der Waals surface area contributed by atoms with Gasteiger partial charge >= 0.3 is 12.1 Å². The van der Waals surface area contributed by atoms with Crippen LogP contribution in [0.3, 0.4) is 0 Å². The Hall–Kier alpha value is -3.32. The van der Waals surface area contributed by atoms with Gasteiger partial charge in [0, 0.05) is 5.56 Å². The van der Waals surface area contributed by atoms with Crippen LogP contribution in [-0.4, -0.2) is 25.3 Å². The molecule has 0 saturated carbocycles. The molecule has 0 aliphatic rings. The van der Waals surface area contributed by atoms with Crippen LogP contribution in [0.15, 0.2) is 54.6 Å². The summed E-state index contributed by atoms with van der Waals surface area (Å²) in [5.74, 6) is 0.0180. The van der Waals surface area contributed by atoms with E-state index in [2.05, 4.69) is 0 Å². The van der Waals surface area contributed by atoms with Crippen molar-refractivity contribution < 1.29 is 32.5 Å². The van der Waals surface area contributed by atoms with Crippen molar-refractivity contribution in [2.75, 3.05) is 14.2 Å². The summed E-state index contributed by atoms with van der Waals surface area (Å²) in [6, 6.07) is 13.7. The third-order valence-corrected chi connectivity index (χ3v) is 5.05. The van der Waals surface area contributed by atoms with Crippen molar-refractivity contribution in [2.45, 2.75) is 19.7 Å². The lowest BCUT2D eigenvalue weighted by molar-refractivity contribution is -0.137. The second-order valence-corrected chi connectivity index (χ2v) is 6.96. The highest BCUT2D eigenvalue weighted by Crippen LogP contribution is 2.39. The Morgan fingerprint density at radius 1 is 0.935 bits per heavy atom. The molecule has 0 spiro atoms. The molecule has 0 fully saturated rings. The van der Waals surface area contributed by atoms with Gasteiger partial charge in [-0.05, 0) is 71.1 Å². The third-order valence-electron chi connectivity index (χ3n) is 5.05. The van der Waals surface area contributed by atoms with E-state index in [0.29, 0.717) is 22.4 Å². The van der Waals surface area contributed by atoms with Crippen LogP contribution in [0.2, 0.25) is 0 Å². The first kappa shape index (κ1) is 22.4. The minimum Gasteiger partial charge on any atom is -0.496 e. The molecule has 3 rings (SSSR count). The number of aliphatic hydroxyl groups excluding tert-OH is 1. The fourth-order valence-electron chi connectivity index (χ4n) is 3.48. The number of alkyl halides is 3.